The normalized spacial score (nSPS) is 12.4. The van der Waals surface area contributed by atoms with E-state index in [9.17, 15) is 53.9 Å². The molecule has 3 aromatic rings. The fourth-order valence-electron chi connectivity index (χ4n) is 3.50. The summed E-state index contributed by atoms with van der Waals surface area (Å²) in [5.41, 5.74) is -6.16. The van der Waals surface area contributed by atoms with Gasteiger partial charge in [-0.25, -0.2) is 14.6 Å². The maximum Gasteiger partial charge on any atom is 0.491 e. The van der Waals surface area contributed by atoms with Gasteiger partial charge in [0.1, 0.15) is 18.1 Å². The number of ketones is 1. The summed E-state index contributed by atoms with van der Waals surface area (Å²) in [6.07, 6.45) is -14.6. The highest BCUT2D eigenvalue weighted by Crippen LogP contribution is 2.37. The van der Waals surface area contributed by atoms with E-state index in [1.807, 2.05) is 0 Å². The second-order valence-corrected chi connectivity index (χ2v) is 9.57. The van der Waals surface area contributed by atoms with E-state index in [2.05, 4.69) is 9.72 Å². The van der Waals surface area contributed by atoms with Crippen LogP contribution >= 0.6 is 0 Å². The quantitative estimate of drug-likeness (QED) is 0.109. The van der Waals surface area contributed by atoms with Crippen LogP contribution in [-0.2, 0) is 33.3 Å². The van der Waals surface area contributed by atoms with Crippen molar-refractivity contribution in [3.63, 3.8) is 0 Å². The number of nitrogens with zero attached hydrogens (tertiary/aromatic N) is 1. The second kappa shape index (κ2) is 12.6. The highest BCUT2D eigenvalue weighted by atomic mass is 19.4. The molecule has 0 radical (unpaired) electrons. The van der Waals surface area contributed by atoms with E-state index in [1.54, 1.807) is 0 Å². The number of ether oxygens (including phenoxy) is 4. The van der Waals surface area contributed by atoms with Gasteiger partial charge in [0.2, 0.25) is 11.5 Å². The standard InChI is InChI=1S/C28H20F9NO7/c1-25(2,23(40)44-24(41)28(35,36)37)45-20-11-18(42-3)5-6-19(20)22(39)15-4-7-21(38-12-15)43-13-14-8-16(26(29,30)31)10-17(9-14)27(32,33)34/h4-12H,13H2,1-3H3. The molecule has 0 saturated heterocycles. The second-order valence-electron chi connectivity index (χ2n) is 9.57. The molecule has 8 nitrogen and oxygen atoms in total. The van der Waals surface area contributed by atoms with E-state index >= 15 is 0 Å². The van der Waals surface area contributed by atoms with Gasteiger partial charge in [-0.2, -0.15) is 39.5 Å². The van der Waals surface area contributed by atoms with Crippen molar-refractivity contribution in [2.45, 2.75) is 44.6 Å². The third-order valence-corrected chi connectivity index (χ3v) is 5.74. The number of hydrogen-bond donors (Lipinski definition) is 0. The lowest BCUT2D eigenvalue weighted by Gasteiger charge is -2.25. The first-order chi connectivity index (χ1) is 20.6. The van der Waals surface area contributed by atoms with Gasteiger partial charge >= 0.3 is 30.5 Å². The van der Waals surface area contributed by atoms with Crippen molar-refractivity contribution in [3.8, 4) is 17.4 Å². The fourth-order valence-corrected chi connectivity index (χ4v) is 3.50. The van der Waals surface area contributed by atoms with Crippen molar-refractivity contribution < 1.29 is 72.8 Å². The third-order valence-electron chi connectivity index (χ3n) is 5.74. The lowest BCUT2D eigenvalue weighted by molar-refractivity contribution is -0.206. The van der Waals surface area contributed by atoms with E-state index in [1.165, 1.54) is 19.2 Å². The Kier molecular flexibility index (Phi) is 9.74. The van der Waals surface area contributed by atoms with Gasteiger partial charge in [0.15, 0.2) is 5.78 Å². The molecular weight excluding hydrogens is 633 g/mol. The maximum atomic E-state index is 13.3. The van der Waals surface area contributed by atoms with Gasteiger partial charge in [0, 0.05) is 23.9 Å². The molecular formula is C28H20F9NO7. The Bertz CT molecular complexity index is 1550. The number of rotatable bonds is 9. The molecule has 17 heteroatoms. The van der Waals surface area contributed by atoms with Crippen molar-refractivity contribution in [1.29, 1.82) is 0 Å². The lowest BCUT2D eigenvalue weighted by Crippen LogP contribution is -2.43. The first-order valence-electron chi connectivity index (χ1n) is 12.2. The Hall–Kier alpha value is -4.83. The molecule has 0 N–H and O–H groups in total. The summed E-state index contributed by atoms with van der Waals surface area (Å²) < 4.78 is 136. The number of aromatic nitrogens is 1. The Labute approximate surface area is 247 Å². The van der Waals surface area contributed by atoms with Crippen LogP contribution in [0.1, 0.15) is 46.5 Å². The van der Waals surface area contributed by atoms with Crippen molar-refractivity contribution in [2.24, 2.45) is 0 Å². The summed E-state index contributed by atoms with van der Waals surface area (Å²) in [4.78, 5) is 40.4. The number of carbonyl (C=O) groups is 3. The van der Waals surface area contributed by atoms with Crippen molar-refractivity contribution in [1.82, 2.24) is 4.98 Å². The summed E-state index contributed by atoms with van der Waals surface area (Å²) in [6, 6.07) is 6.80. The summed E-state index contributed by atoms with van der Waals surface area (Å²) in [5.74, 6) is -5.86. The molecule has 1 heterocycles. The molecule has 3 rings (SSSR count). The lowest BCUT2D eigenvalue weighted by atomic mass is 10.0. The van der Waals surface area contributed by atoms with Gasteiger partial charge in [-0.05, 0) is 55.8 Å². The molecule has 0 amide bonds. The van der Waals surface area contributed by atoms with E-state index in [0.29, 0.717) is 12.1 Å². The topological polar surface area (TPSA) is 101 Å². The Morgan fingerprint density at radius 3 is 1.87 bits per heavy atom. The zero-order chi connectivity index (χ0) is 34.0. The number of methoxy groups -OCH3 is 1. The molecule has 1 aromatic heterocycles. The smallest absolute Gasteiger partial charge is 0.491 e. The molecule has 0 bridgehead atoms. The molecule has 0 aliphatic carbocycles. The highest BCUT2D eigenvalue weighted by Gasteiger charge is 2.46. The summed E-state index contributed by atoms with van der Waals surface area (Å²) in [5, 5.41) is 0. The minimum Gasteiger partial charge on any atom is -0.497 e. The van der Waals surface area contributed by atoms with Crippen LogP contribution in [0, 0.1) is 0 Å². The number of carbonyl (C=O) groups excluding carboxylic acids is 3. The minimum atomic E-state index is -5.47. The molecule has 0 unspecified atom stereocenters. The van der Waals surface area contributed by atoms with Crippen molar-refractivity contribution >= 4 is 17.7 Å². The Balaban J connectivity index is 1.82. The number of alkyl halides is 9. The van der Waals surface area contributed by atoms with Crippen molar-refractivity contribution in [3.05, 3.63) is 82.5 Å². The van der Waals surface area contributed by atoms with Gasteiger partial charge in [-0.15, -0.1) is 0 Å². The molecule has 242 valence electrons. The Morgan fingerprint density at radius 2 is 1.38 bits per heavy atom. The van der Waals surface area contributed by atoms with Crippen LogP contribution in [0.3, 0.4) is 0 Å². The van der Waals surface area contributed by atoms with E-state index in [-0.39, 0.29) is 34.6 Å². The molecule has 0 aliphatic rings. The zero-order valence-corrected chi connectivity index (χ0v) is 23.1. The molecule has 45 heavy (non-hydrogen) atoms. The van der Waals surface area contributed by atoms with Crippen LogP contribution in [0.5, 0.6) is 17.4 Å². The van der Waals surface area contributed by atoms with Crippen molar-refractivity contribution in [2.75, 3.05) is 7.11 Å². The van der Waals surface area contributed by atoms with Gasteiger partial charge < -0.3 is 18.9 Å². The zero-order valence-electron chi connectivity index (χ0n) is 23.1. The van der Waals surface area contributed by atoms with Crippen LogP contribution in [0.15, 0.2) is 54.7 Å². The predicted molar refractivity (Wildman–Crippen MR) is 133 cm³/mol. The highest BCUT2D eigenvalue weighted by molar-refractivity contribution is 6.10. The number of benzene rings is 2. The fraction of sp³-hybridized carbons (Fsp3) is 0.286. The molecule has 0 aliphatic heterocycles. The van der Waals surface area contributed by atoms with Crippen LogP contribution in [0.2, 0.25) is 0 Å². The Morgan fingerprint density at radius 1 is 0.778 bits per heavy atom. The van der Waals surface area contributed by atoms with Crippen LogP contribution in [-0.4, -0.2) is 41.6 Å². The van der Waals surface area contributed by atoms with Gasteiger partial charge in [-0.1, -0.05) is 0 Å². The van der Waals surface area contributed by atoms with Gasteiger partial charge in [0.25, 0.3) is 0 Å². The molecule has 2 aromatic carbocycles. The number of pyridine rings is 1. The van der Waals surface area contributed by atoms with E-state index in [4.69, 9.17) is 14.2 Å². The first-order valence-corrected chi connectivity index (χ1v) is 12.2. The number of halogens is 9. The van der Waals surface area contributed by atoms with Gasteiger partial charge in [0.05, 0.1) is 23.8 Å². The van der Waals surface area contributed by atoms with Crippen LogP contribution in [0.25, 0.3) is 0 Å². The SMILES string of the molecule is COc1ccc(C(=O)c2ccc(OCc3cc(C(F)(F)F)cc(C(F)(F)F)c3)nc2)c(OC(C)(C)C(=O)OC(=O)C(F)(F)F)c1. The average molecular weight is 653 g/mol. The van der Waals surface area contributed by atoms with Crippen LogP contribution in [0.4, 0.5) is 39.5 Å². The third kappa shape index (κ3) is 8.86. The molecule has 0 atom stereocenters. The monoisotopic (exact) mass is 653 g/mol. The van der Waals surface area contributed by atoms with E-state index < -0.39 is 65.1 Å². The number of esters is 2. The summed E-state index contributed by atoms with van der Waals surface area (Å²) in [6.45, 7) is 1.21. The molecule has 0 saturated carbocycles. The van der Waals surface area contributed by atoms with Gasteiger partial charge in [-0.3, -0.25) is 4.79 Å². The summed E-state index contributed by atoms with van der Waals surface area (Å²) in [7, 11) is 1.24. The summed E-state index contributed by atoms with van der Waals surface area (Å²) >= 11 is 0. The number of hydrogen-bond acceptors (Lipinski definition) is 8. The minimum absolute atomic E-state index is 0.0363. The first kappa shape index (κ1) is 34.7. The predicted octanol–water partition coefficient (Wildman–Crippen LogP) is 6.73. The molecule has 0 fully saturated rings. The maximum absolute atomic E-state index is 13.3. The molecule has 0 spiro atoms. The largest absolute Gasteiger partial charge is 0.497 e. The van der Waals surface area contributed by atoms with E-state index in [0.717, 1.165) is 38.2 Å². The average Bonchev–Trinajstić information content (AvgIpc) is 2.94. The van der Waals surface area contributed by atoms with Crippen LogP contribution < -0.4 is 14.2 Å².